The number of nitrogens with one attached hydrogen (secondary N) is 1. The number of hydrogen-bond donors (Lipinski definition) is 2. The van der Waals surface area contributed by atoms with Crippen molar-refractivity contribution in [3.05, 3.63) is 0 Å². The quantitative estimate of drug-likeness (QED) is 0.715. The van der Waals surface area contributed by atoms with E-state index in [1.54, 1.807) is 13.8 Å². The summed E-state index contributed by atoms with van der Waals surface area (Å²) in [6.07, 6.45) is 6.21. The van der Waals surface area contributed by atoms with E-state index < -0.39 is 12.0 Å². The molecule has 6 nitrogen and oxygen atoms in total. The summed E-state index contributed by atoms with van der Waals surface area (Å²) in [5.74, 6) is -0.798. The van der Waals surface area contributed by atoms with Crippen molar-refractivity contribution >= 4 is 17.8 Å². The molecule has 0 radical (unpaired) electrons. The van der Waals surface area contributed by atoms with E-state index in [-0.39, 0.29) is 24.8 Å². The second kappa shape index (κ2) is 9.43. The molecule has 0 aromatic carbocycles. The second-order valence-corrected chi connectivity index (χ2v) is 6.06. The van der Waals surface area contributed by atoms with Crippen molar-refractivity contribution in [3.8, 4) is 0 Å². The summed E-state index contributed by atoms with van der Waals surface area (Å²) in [4.78, 5) is 36.3. The summed E-state index contributed by atoms with van der Waals surface area (Å²) < 4.78 is 0. The lowest BCUT2D eigenvalue weighted by Gasteiger charge is -2.25. The van der Waals surface area contributed by atoms with Gasteiger partial charge in [0.1, 0.15) is 6.04 Å². The molecule has 1 fully saturated rings. The highest BCUT2D eigenvalue weighted by atomic mass is 16.4. The Morgan fingerprint density at radius 2 is 1.86 bits per heavy atom. The Kier molecular flexibility index (Phi) is 7.91. The van der Waals surface area contributed by atoms with Gasteiger partial charge in [-0.2, -0.15) is 0 Å². The molecule has 22 heavy (non-hydrogen) atoms. The fourth-order valence-electron chi connectivity index (χ4n) is 2.94. The van der Waals surface area contributed by atoms with Crippen LogP contribution in [0.2, 0.25) is 0 Å². The molecule has 0 heterocycles. The highest BCUT2D eigenvalue weighted by molar-refractivity contribution is 5.87. The Labute approximate surface area is 132 Å². The van der Waals surface area contributed by atoms with Crippen molar-refractivity contribution in [2.75, 3.05) is 13.1 Å². The van der Waals surface area contributed by atoms with Gasteiger partial charge in [0.25, 0.3) is 0 Å². The number of rotatable bonds is 8. The van der Waals surface area contributed by atoms with Gasteiger partial charge in [-0.1, -0.05) is 19.3 Å². The Bertz CT molecular complexity index is 392. The highest BCUT2D eigenvalue weighted by Crippen LogP contribution is 2.26. The SMILES string of the molecule is CCN(CCC(=O)O)C(=O)C(C)NC(=O)CC1CCCCC1. The first-order valence-corrected chi connectivity index (χ1v) is 8.24. The van der Waals surface area contributed by atoms with Crippen LogP contribution < -0.4 is 5.32 Å². The molecule has 6 heteroatoms. The standard InChI is InChI=1S/C16H28N2O4/c1-3-18(10-9-15(20)21)16(22)12(2)17-14(19)11-13-7-5-4-6-8-13/h12-13H,3-11H2,1-2H3,(H,17,19)(H,20,21). The normalized spacial score (nSPS) is 16.8. The Balaban J connectivity index is 2.40. The number of carbonyl (C=O) groups excluding carboxylic acids is 2. The maximum Gasteiger partial charge on any atom is 0.305 e. The van der Waals surface area contributed by atoms with Crippen molar-refractivity contribution in [1.29, 1.82) is 0 Å². The van der Waals surface area contributed by atoms with E-state index in [2.05, 4.69) is 5.32 Å². The smallest absolute Gasteiger partial charge is 0.305 e. The molecule has 0 aliphatic heterocycles. The third-order valence-corrected chi connectivity index (χ3v) is 4.24. The van der Waals surface area contributed by atoms with E-state index >= 15 is 0 Å². The molecule has 0 spiro atoms. The molecule has 0 bridgehead atoms. The number of carboxylic acid groups (broad SMARTS) is 1. The van der Waals surface area contributed by atoms with Crippen molar-refractivity contribution in [3.63, 3.8) is 0 Å². The predicted molar refractivity (Wildman–Crippen MR) is 83.3 cm³/mol. The van der Waals surface area contributed by atoms with Crippen LogP contribution in [-0.4, -0.2) is 46.9 Å². The van der Waals surface area contributed by atoms with Gasteiger partial charge >= 0.3 is 5.97 Å². The van der Waals surface area contributed by atoms with Crippen LogP contribution >= 0.6 is 0 Å². The number of carbonyl (C=O) groups is 3. The summed E-state index contributed by atoms with van der Waals surface area (Å²) in [5.41, 5.74) is 0. The second-order valence-electron chi connectivity index (χ2n) is 6.06. The van der Waals surface area contributed by atoms with Crippen LogP contribution in [0.4, 0.5) is 0 Å². The van der Waals surface area contributed by atoms with Crippen LogP contribution in [0.1, 0.15) is 58.8 Å². The average molecular weight is 312 g/mol. The monoisotopic (exact) mass is 312 g/mol. The van der Waals surface area contributed by atoms with E-state index in [0.29, 0.717) is 18.9 Å². The minimum Gasteiger partial charge on any atom is -0.481 e. The van der Waals surface area contributed by atoms with Crippen molar-refractivity contribution < 1.29 is 19.5 Å². The van der Waals surface area contributed by atoms with Crippen LogP contribution in [0.3, 0.4) is 0 Å². The fourth-order valence-corrected chi connectivity index (χ4v) is 2.94. The molecule has 1 aliphatic carbocycles. The Hall–Kier alpha value is -1.59. The van der Waals surface area contributed by atoms with Gasteiger partial charge in [0.2, 0.25) is 11.8 Å². The lowest BCUT2D eigenvalue weighted by atomic mass is 9.87. The van der Waals surface area contributed by atoms with E-state index in [0.717, 1.165) is 12.8 Å². The topological polar surface area (TPSA) is 86.7 Å². The number of carboxylic acids is 1. The molecular formula is C16H28N2O4. The molecule has 0 aromatic rings. The third kappa shape index (κ3) is 6.45. The van der Waals surface area contributed by atoms with Crippen LogP contribution in [0, 0.1) is 5.92 Å². The first-order chi connectivity index (χ1) is 10.4. The summed E-state index contributed by atoms with van der Waals surface area (Å²) in [5, 5.41) is 11.5. The lowest BCUT2D eigenvalue weighted by Crippen LogP contribution is -2.47. The van der Waals surface area contributed by atoms with Gasteiger partial charge in [-0.15, -0.1) is 0 Å². The van der Waals surface area contributed by atoms with Gasteiger partial charge in [0.05, 0.1) is 6.42 Å². The summed E-state index contributed by atoms with van der Waals surface area (Å²) >= 11 is 0. The van der Waals surface area contributed by atoms with E-state index in [1.165, 1.54) is 24.2 Å². The molecule has 0 aromatic heterocycles. The zero-order chi connectivity index (χ0) is 16.5. The van der Waals surface area contributed by atoms with Crippen LogP contribution in [-0.2, 0) is 14.4 Å². The van der Waals surface area contributed by atoms with Gasteiger partial charge in [-0.05, 0) is 32.6 Å². The zero-order valence-corrected chi connectivity index (χ0v) is 13.6. The highest BCUT2D eigenvalue weighted by Gasteiger charge is 2.23. The first-order valence-electron chi connectivity index (χ1n) is 8.24. The molecule has 1 unspecified atom stereocenters. The summed E-state index contributed by atoms with van der Waals surface area (Å²) in [6.45, 7) is 4.07. The van der Waals surface area contributed by atoms with Crippen molar-refractivity contribution in [2.45, 2.75) is 64.8 Å². The number of aliphatic carboxylic acids is 1. The summed E-state index contributed by atoms with van der Waals surface area (Å²) in [7, 11) is 0. The molecule has 2 N–H and O–H groups in total. The van der Waals surface area contributed by atoms with Crippen molar-refractivity contribution in [1.82, 2.24) is 10.2 Å². The van der Waals surface area contributed by atoms with Crippen LogP contribution in [0.5, 0.6) is 0 Å². The number of likely N-dealkylation sites (N-methyl/N-ethyl adjacent to an activating group) is 1. The number of amides is 2. The molecule has 1 rings (SSSR count). The zero-order valence-electron chi connectivity index (χ0n) is 13.6. The van der Waals surface area contributed by atoms with Gasteiger partial charge < -0.3 is 15.3 Å². The van der Waals surface area contributed by atoms with Crippen molar-refractivity contribution in [2.24, 2.45) is 5.92 Å². The lowest BCUT2D eigenvalue weighted by molar-refractivity contribution is -0.140. The number of nitrogens with zero attached hydrogens (tertiary/aromatic N) is 1. The van der Waals surface area contributed by atoms with Gasteiger partial charge in [-0.25, -0.2) is 0 Å². The molecule has 2 amide bonds. The predicted octanol–water partition coefficient (Wildman–Crippen LogP) is 1.78. The maximum atomic E-state index is 12.2. The molecule has 1 aliphatic rings. The molecule has 1 atom stereocenters. The van der Waals surface area contributed by atoms with Gasteiger partial charge in [-0.3, -0.25) is 14.4 Å². The van der Waals surface area contributed by atoms with Crippen LogP contribution in [0.25, 0.3) is 0 Å². The third-order valence-electron chi connectivity index (χ3n) is 4.24. The Morgan fingerprint density at radius 3 is 2.41 bits per heavy atom. The molecule has 0 saturated heterocycles. The first kappa shape index (κ1) is 18.5. The van der Waals surface area contributed by atoms with E-state index in [1.807, 2.05) is 0 Å². The average Bonchev–Trinajstić information content (AvgIpc) is 2.48. The minimum atomic E-state index is -0.930. The van der Waals surface area contributed by atoms with Gasteiger partial charge in [0, 0.05) is 19.5 Å². The Morgan fingerprint density at radius 1 is 1.23 bits per heavy atom. The molecule has 126 valence electrons. The maximum absolute atomic E-state index is 12.2. The van der Waals surface area contributed by atoms with E-state index in [4.69, 9.17) is 5.11 Å². The summed E-state index contributed by atoms with van der Waals surface area (Å²) in [6, 6.07) is -0.607. The molecule has 1 saturated carbocycles. The fraction of sp³-hybridized carbons (Fsp3) is 0.812. The van der Waals surface area contributed by atoms with Gasteiger partial charge in [0.15, 0.2) is 0 Å². The molecular weight excluding hydrogens is 284 g/mol. The van der Waals surface area contributed by atoms with E-state index in [9.17, 15) is 14.4 Å². The number of hydrogen-bond acceptors (Lipinski definition) is 3. The largest absolute Gasteiger partial charge is 0.481 e. The minimum absolute atomic E-state index is 0.0810. The van der Waals surface area contributed by atoms with Crippen LogP contribution in [0.15, 0.2) is 0 Å².